The van der Waals surface area contributed by atoms with Crippen molar-refractivity contribution < 1.29 is 0 Å². The van der Waals surface area contributed by atoms with Crippen molar-refractivity contribution in [2.24, 2.45) is 5.92 Å². The van der Waals surface area contributed by atoms with E-state index < -0.39 is 0 Å². The number of hydrogen-bond acceptors (Lipinski definition) is 2. The Balaban J connectivity index is 1.85. The largest absolute Gasteiger partial charge is 0.288 e. The van der Waals surface area contributed by atoms with Crippen LogP contribution in [0, 0.1) is 17.2 Å². The SMILES string of the molecule is N#CC1CCCN1CC1CC1. The summed E-state index contributed by atoms with van der Waals surface area (Å²) in [4.78, 5) is 2.36. The Labute approximate surface area is 67.8 Å². The van der Waals surface area contributed by atoms with Gasteiger partial charge in [-0.3, -0.25) is 4.90 Å². The van der Waals surface area contributed by atoms with Crippen LogP contribution in [0.4, 0.5) is 0 Å². The van der Waals surface area contributed by atoms with Crippen molar-refractivity contribution in [2.75, 3.05) is 13.1 Å². The summed E-state index contributed by atoms with van der Waals surface area (Å²) in [5.41, 5.74) is 0. The van der Waals surface area contributed by atoms with Gasteiger partial charge in [-0.25, -0.2) is 0 Å². The molecule has 0 radical (unpaired) electrons. The Bertz CT molecular complexity index is 178. The van der Waals surface area contributed by atoms with E-state index in [1.54, 1.807) is 0 Å². The summed E-state index contributed by atoms with van der Waals surface area (Å²) in [6.07, 6.45) is 5.12. The fourth-order valence-corrected chi connectivity index (χ4v) is 1.82. The van der Waals surface area contributed by atoms with Crippen LogP contribution in [0.25, 0.3) is 0 Å². The second-order valence-electron chi connectivity index (χ2n) is 3.73. The first-order chi connectivity index (χ1) is 5.40. The third-order valence-electron chi connectivity index (χ3n) is 2.70. The van der Waals surface area contributed by atoms with E-state index in [1.807, 2.05) is 0 Å². The summed E-state index contributed by atoms with van der Waals surface area (Å²) >= 11 is 0. The number of likely N-dealkylation sites (tertiary alicyclic amines) is 1. The van der Waals surface area contributed by atoms with Gasteiger partial charge in [0, 0.05) is 6.54 Å². The minimum atomic E-state index is 0.246. The minimum Gasteiger partial charge on any atom is -0.288 e. The van der Waals surface area contributed by atoms with E-state index in [0.717, 1.165) is 18.9 Å². The fraction of sp³-hybridized carbons (Fsp3) is 0.889. The van der Waals surface area contributed by atoms with Crippen LogP contribution < -0.4 is 0 Å². The van der Waals surface area contributed by atoms with Crippen molar-refractivity contribution in [1.29, 1.82) is 5.26 Å². The maximum atomic E-state index is 8.78. The van der Waals surface area contributed by atoms with Gasteiger partial charge >= 0.3 is 0 Å². The molecule has 0 aromatic heterocycles. The summed E-state index contributed by atoms with van der Waals surface area (Å²) in [6, 6.07) is 2.62. The van der Waals surface area contributed by atoms with Gasteiger partial charge in [-0.15, -0.1) is 0 Å². The Kier molecular flexibility index (Phi) is 1.83. The molecule has 1 aliphatic carbocycles. The quantitative estimate of drug-likeness (QED) is 0.594. The van der Waals surface area contributed by atoms with Crippen molar-refractivity contribution in [3.05, 3.63) is 0 Å². The second kappa shape index (κ2) is 2.83. The minimum absolute atomic E-state index is 0.246. The lowest BCUT2D eigenvalue weighted by atomic mass is 10.2. The molecule has 2 rings (SSSR count). The Morgan fingerprint density at radius 2 is 2.18 bits per heavy atom. The van der Waals surface area contributed by atoms with Gasteiger partial charge in [0.2, 0.25) is 0 Å². The molecule has 11 heavy (non-hydrogen) atoms. The van der Waals surface area contributed by atoms with E-state index >= 15 is 0 Å². The van der Waals surface area contributed by atoms with Crippen LogP contribution in [-0.4, -0.2) is 24.0 Å². The van der Waals surface area contributed by atoms with Crippen LogP contribution in [0.2, 0.25) is 0 Å². The first-order valence-corrected chi connectivity index (χ1v) is 4.54. The van der Waals surface area contributed by atoms with E-state index in [9.17, 15) is 0 Å². The maximum Gasteiger partial charge on any atom is 0.0978 e. The van der Waals surface area contributed by atoms with Gasteiger partial charge < -0.3 is 0 Å². The highest BCUT2D eigenvalue weighted by atomic mass is 15.2. The predicted molar refractivity (Wildman–Crippen MR) is 42.9 cm³/mol. The van der Waals surface area contributed by atoms with Crippen molar-refractivity contribution >= 4 is 0 Å². The molecule has 60 valence electrons. The molecule has 2 nitrogen and oxygen atoms in total. The van der Waals surface area contributed by atoms with E-state index in [4.69, 9.17) is 5.26 Å². The Hall–Kier alpha value is -0.550. The van der Waals surface area contributed by atoms with Crippen LogP contribution >= 0.6 is 0 Å². The standard InChI is InChI=1S/C9H14N2/c10-6-9-2-1-5-11(9)7-8-3-4-8/h8-9H,1-5,7H2. The summed E-state index contributed by atoms with van der Waals surface area (Å²) in [5.74, 6) is 0.934. The predicted octanol–water partition coefficient (Wildman–Crippen LogP) is 1.38. The normalized spacial score (nSPS) is 32.1. The lowest BCUT2D eigenvalue weighted by Crippen LogP contribution is -2.29. The zero-order valence-corrected chi connectivity index (χ0v) is 6.79. The first-order valence-electron chi connectivity index (χ1n) is 4.54. The topological polar surface area (TPSA) is 27.0 Å². The fourth-order valence-electron chi connectivity index (χ4n) is 1.82. The molecular weight excluding hydrogens is 136 g/mol. The highest BCUT2D eigenvalue weighted by molar-refractivity contribution is 4.97. The monoisotopic (exact) mass is 150 g/mol. The third-order valence-corrected chi connectivity index (χ3v) is 2.70. The summed E-state index contributed by atoms with van der Waals surface area (Å²) in [6.45, 7) is 2.35. The Morgan fingerprint density at radius 1 is 1.36 bits per heavy atom. The van der Waals surface area contributed by atoms with Crippen LogP contribution in [0.15, 0.2) is 0 Å². The molecule has 1 unspecified atom stereocenters. The van der Waals surface area contributed by atoms with Gasteiger partial charge in [-0.05, 0) is 38.1 Å². The van der Waals surface area contributed by atoms with Crippen molar-refractivity contribution in [3.8, 4) is 6.07 Å². The Morgan fingerprint density at radius 3 is 2.82 bits per heavy atom. The average Bonchev–Trinajstić information content (AvgIpc) is 2.68. The van der Waals surface area contributed by atoms with E-state index in [2.05, 4.69) is 11.0 Å². The zero-order chi connectivity index (χ0) is 7.68. The van der Waals surface area contributed by atoms with Crippen molar-refractivity contribution in [3.63, 3.8) is 0 Å². The van der Waals surface area contributed by atoms with Crippen LogP contribution in [0.1, 0.15) is 25.7 Å². The lowest BCUT2D eigenvalue weighted by Gasteiger charge is -2.17. The smallest absolute Gasteiger partial charge is 0.0978 e. The van der Waals surface area contributed by atoms with Gasteiger partial charge in [0.1, 0.15) is 0 Å². The summed E-state index contributed by atoms with van der Waals surface area (Å²) in [5, 5.41) is 8.78. The molecule has 2 aliphatic rings. The number of nitrogens with zero attached hydrogens (tertiary/aromatic N) is 2. The molecule has 1 saturated carbocycles. The molecule has 1 saturated heterocycles. The molecule has 0 aromatic carbocycles. The molecule has 2 fully saturated rings. The molecule has 1 heterocycles. The zero-order valence-electron chi connectivity index (χ0n) is 6.79. The molecule has 0 aromatic rings. The molecule has 0 bridgehead atoms. The van der Waals surface area contributed by atoms with Crippen LogP contribution in [-0.2, 0) is 0 Å². The van der Waals surface area contributed by atoms with E-state index in [1.165, 1.54) is 25.8 Å². The molecule has 1 atom stereocenters. The van der Waals surface area contributed by atoms with Gasteiger partial charge in [0.25, 0.3) is 0 Å². The molecule has 2 heteroatoms. The molecule has 0 spiro atoms. The van der Waals surface area contributed by atoms with Gasteiger partial charge in [0.15, 0.2) is 0 Å². The first kappa shape index (κ1) is 7.12. The average molecular weight is 150 g/mol. The van der Waals surface area contributed by atoms with Crippen molar-refractivity contribution in [1.82, 2.24) is 4.90 Å². The molecule has 1 aliphatic heterocycles. The number of hydrogen-bond donors (Lipinski definition) is 0. The van der Waals surface area contributed by atoms with Gasteiger partial charge in [0.05, 0.1) is 12.1 Å². The molecule has 0 N–H and O–H groups in total. The second-order valence-corrected chi connectivity index (χ2v) is 3.73. The third kappa shape index (κ3) is 1.54. The van der Waals surface area contributed by atoms with Gasteiger partial charge in [-0.2, -0.15) is 5.26 Å². The van der Waals surface area contributed by atoms with Gasteiger partial charge in [-0.1, -0.05) is 0 Å². The van der Waals surface area contributed by atoms with E-state index in [-0.39, 0.29) is 6.04 Å². The highest BCUT2D eigenvalue weighted by Crippen LogP contribution is 2.32. The highest BCUT2D eigenvalue weighted by Gasteiger charge is 2.30. The van der Waals surface area contributed by atoms with Crippen LogP contribution in [0.3, 0.4) is 0 Å². The maximum absolute atomic E-state index is 8.78. The summed E-state index contributed by atoms with van der Waals surface area (Å²) in [7, 11) is 0. The number of nitriles is 1. The van der Waals surface area contributed by atoms with Crippen LogP contribution in [0.5, 0.6) is 0 Å². The van der Waals surface area contributed by atoms with E-state index in [0.29, 0.717) is 0 Å². The number of rotatable bonds is 2. The molecular formula is C9H14N2. The summed E-state index contributed by atoms with van der Waals surface area (Å²) < 4.78 is 0. The molecule has 0 amide bonds. The lowest BCUT2D eigenvalue weighted by molar-refractivity contribution is 0.282. The van der Waals surface area contributed by atoms with Crippen molar-refractivity contribution in [2.45, 2.75) is 31.7 Å².